The fourth-order valence-corrected chi connectivity index (χ4v) is 2.30. The van der Waals surface area contributed by atoms with Crippen molar-refractivity contribution in [2.75, 3.05) is 13.1 Å². The molecule has 98 valence electrons. The van der Waals surface area contributed by atoms with Crippen LogP contribution in [-0.2, 0) is 11.3 Å². The second-order valence-electron chi connectivity index (χ2n) is 4.97. The molecule has 0 radical (unpaired) electrons. The van der Waals surface area contributed by atoms with E-state index in [4.69, 9.17) is 0 Å². The molecule has 2 heterocycles. The number of nitrogens with zero attached hydrogens (tertiary/aromatic N) is 2. The highest BCUT2D eigenvalue weighted by Crippen LogP contribution is 2.10. The van der Waals surface area contributed by atoms with Crippen LogP contribution in [0, 0.1) is 6.92 Å². The zero-order valence-electron chi connectivity index (χ0n) is 10.9. The highest BCUT2D eigenvalue weighted by molar-refractivity contribution is 5.76. The van der Waals surface area contributed by atoms with Crippen molar-refractivity contribution in [1.82, 2.24) is 9.47 Å². The van der Waals surface area contributed by atoms with Gasteiger partial charge in [-0.2, -0.15) is 0 Å². The SMILES string of the molecule is Cc1ccn(CC(=O)N2CCCCCC2)c(=O)c1. The molecule has 1 saturated heterocycles. The topological polar surface area (TPSA) is 42.3 Å². The van der Waals surface area contributed by atoms with Crippen molar-refractivity contribution in [2.24, 2.45) is 0 Å². The van der Waals surface area contributed by atoms with Gasteiger partial charge in [0.15, 0.2) is 0 Å². The zero-order chi connectivity index (χ0) is 13.0. The van der Waals surface area contributed by atoms with E-state index in [2.05, 4.69) is 0 Å². The summed E-state index contributed by atoms with van der Waals surface area (Å²) < 4.78 is 1.49. The molecule has 0 unspecified atom stereocenters. The average molecular weight is 248 g/mol. The van der Waals surface area contributed by atoms with E-state index in [-0.39, 0.29) is 18.0 Å². The van der Waals surface area contributed by atoms with Gasteiger partial charge in [0, 0.05) is 25.4 Å². The smallest absolute Gasteiger partial charge is 0.251 e. The fraction of sp³-hybridized carbons (Fsp3) is 0.571. The van der Waals surface area contributed by atoms with Gasteiger partial charge in [-0.05, 0) is 31.4 Å². The molecule has 0 aliphatic carbocycles. The maximum atomic E-state index is 12.1. The summed E-state index contributed by atoms with van der Waals surface area (Å²) in [6, 6.07) is 3.42. The van der Waals surface area contributed by atoms with Gasteiger partial charge in [-0.15, -0.1) is 0 Å². The normalized spacial score (nSPS) is 16.4. The molecule has 1 fully saturated rings. The van der Waals surface area contributed by atoms with Crippen molar-refractivity contribution in [3.63, 3.8) is 0 Å². The standard InChI is InChI=1S/C14H20N2O2/c1-12-6-9-16(13(17)10-12)11-14(18)15-7-4-2-3-5-8-15/h6,9-10H,2-5,7-8,11H2,1H3. The molecule has 0 aromatic carbocycles. The van der Waals surface area contributed by atoms with Gasteiger partial charge in [-0.25, -0.2) is 0 Å². The van der Waals surface area contributed by atoms with Crippen LogP contribution < -0.4 is 5.56 Å². The first-order chi connectivity index (χ1) is 8.66. The van der Waals surface area contributed by atoms with Crippen LogP contribution in [0.15, 0.2) is 23.1 Å². The minimum atomic E-state index is -0.0989. The Morgan fingerprint density at radius 3 is 2.50 bits per heavy atom. The van der Waals surface area contributed by atoms with Crippen LogP contribution in [0.4, 0.5) is 0 Å². The minimum absolute atomic E-state index is 0.0582. The van der Waals surface area contributed by atoms with Gasteiger partial charge >= 0.3 is 0 Å². The summed E-state index contributed by atoms with van der Waals surface area (Å²) in [5.41, 5.74) is 0.830. The van der Waals surface area contributed by atoms with Crippen LogP contribution in [0.1, 0.15) is 31.2 Å². The van der Waals surface area contributed by atoms with Gasteiger partial charge < -0.3 is 9.47 Å². The van der Waals surface area contributed by atoms with E-state index in [0.29, 0.717) is 0 Å². The second-order valence-corrected chi connectivity index (χ2v) is 4.97. The summed E-state index contributed by atoms with van der Waals surface area (Å²) in [4.78, 5) is 25.7. The number of hydrogen-bond donors (Lipinski definition) is 0. The zero-order valence-corrected chi connectivity index (χ0v) is 10.9. The van der Waals surface area contributed by atoms with E-state index in [1.54, 1.807) is 12.3 Å². The number of carbonyl (C=O) groups excluding carboxylic acids is 1. The first-order valence-corrected chi connectivity index (χ1v) is 6.62. The quantitative estimate of drug-likeness (QED) is 0.797. The van der Waals surface area contributed by atoms with Crippen LogP contribution in [0.3, 0.4) is 0 Å². The van der Waals surface area contributed by atoms with Crippen molar-refractivity contribution in [1.29, 1.82) is 0 Å². The molecule has 2 rings (SSSR count). The summed E-state index contributed by atoms with van der Waals surface area (Å²) in [5, 5.41) is 0. The highest BCUT2D eigenvalue weighted by Gasteiger charge is 2.15. The van der Waals surface area contributed by atoms with Crippen LogP contribution in [0.25, 0.3) is 0 Å². The third kappa shape index (κ3) is 3.22. The van der Waals surface area contributed by atoms with Crippen LogP contribution in [-0.4, -0.2) is 28.5 Å². The fourth-order valence-electron chi connectivity index (χ4n) is 2.30. The molecule has 1 amide bonds. The molecule has 1 aliphatic heterocycles. The van der Waals surface area contributed by atoms with E-state index in [9.17, 15) is 9.59 Å². The van der Waals surface area contributed by atoms with Crippen LogP contribution in [0.2, 0.25) is 0 Å². The number of hydrogen-bond acceptors (Lipinski definition) is 2. The molecule has 0 atom stereocenters. The van der Waals surface area contributed by atoms with Crippen LogP contribution in [0.5, 0.6) is 0 Å². The van der Waals surface area contributed by atoms with Crippen LogP contribution >= 0.6 is 0 Å². The van der Waals surface area contributed by atoms with Gasteiger partial charge in [0.1, 0.15) is 6.54 Å². The number of pyridine rings is 1. The Morgan fingerprint density at radius 1 is 1.22 bits per heavy atom. The predicted octanol–water partition coefficient (Wildman–Crippen LogP) is 1.56. The lowest BCUT2D eigenvalue weighted by molar-refractivity contribution is -0.131. The number of carbonyl (C=O) groups is 1. The Bertz CT molecular complexity index is 471. The molecule has 18 heavy (non-hydrogen) atoms. The molecule has 1 aliphatic rings. The summed E-state index contributed by atoms with van der Waals surface area (Å²) in [7, 11) is 0. The van der Waals surface area contributed by atoms with E-state index < -0.39 is 0 Å². The van der Waals surface area contributed by atoms with E-state index in [1.807, 2.05) is 17.9 Å². The second kappa shape index (κ2) is 5.85. The number of aromatic nitrogens is 1. The molecule has 4 nitrogen and oxygen atoms in total. The summed E-state index contributed by atoms with van der Waals surface area (Å²) in [5.74, 6) is 0.0582. The Hall–Kier alpha value is -1.58. The van der Waals surface area contributed by atoms with Gasteiger partial charge in [0.05, 0.1) is 0 Å². The first kappa shape index (κ1) is 12.9. The lowest BCUT2D eigenvalue weighted by Gasteiger charge is -2.20. The Kier molecular flexibility index (Phi) is 4.18. The van der Waals surface area contributed by atoms with Crippen molar-refractivity contribution in [2.45, 2.75) is 39.2 Å². The Balaban J connectivity index is 2.03. The molecule has 1 aromatic heterocycles. The minimum Gasteiger partial charge on any atom is -0.341 e. The lowest BCUT2D eigenvalue weighted by Crippen LogP contribution is -2.36. The van der Waals surface area contributed by atoms with Crippen molar-refractivity contribution in [3.05, 3.63) is 34.2 Å². The average Bonchev–Trinajstić information content (AvgIpc) is 2.61. The molecule has 0 saturated carbocycles. The number of rotatable bonds is 2. The van der Waals surface area contributed by atoms with Crippen molar-refractivity contribution < 1.29 is 4.79 Å². The first-order valence-electron chi connectivity index (χ1n) is 6.62. The summed E-state index contributed by atoms with van der Waals surface area (Å²) in [6.45, 7) is 3.71. The van der Waals surface area contributed by atoms with Crippen molar-refractivity contribution >= 4 is 5.91 Å². The third-order valence-corrected chi connectivity index (χ3v) is 3.42. The lowest BCUT2D eigenvalue weighted by atomic mass is 10.2. The molecule has 0 spiro atoms. The number of aryl methyl sites for hydroxylation is 1. The molecular formula is C14H20N2O2. The monoisotopic (exact) mass is 248 g/mol. The number of amides is 1. The largest absolute Gasteiger partial charge is 0.341 e. The molecule has 4 heteroatoms. The maximum Gasteiger partial charge on any atom is 0.251 e. The Labute approximate surface area is 107 Å². The Morgan fingerprint density at radius 2 is 1.89 bits per heavy atom. The van der Waals surface area contributed by atoms with Gasteiger partial charge in [0.2, 0.25) is 5.91 Å². The predicted molar refractivity (Wildman–Crippen MR) is 70.5 cm³/mol. The summed E-state index contributed by atoms with van der Waals surface area (Å²) in [6.07, 6.45) is 6.26. The van der Waals surface area contributed by atoms with E-state index in [0.717, 1.165) is 31.5 Å². The maximum absolute atomic E-state index is 12.1. The summed E-state index contributed by atoms with van der Waals surface area (Å²) >= 11 is 0. The molecule has 0 bridgehead atoms. The molecular weight excluding hydrogens is 228 g/mol. The van der Waals surface area contributed by atoms with Gasteiger partial charge in [0.25, 0.3) is 5.56 Å². The molecule has 0 N–H and O–H groups in total. The van der Waals surface area contributed by atoms with Crippen molar-refractivity contribution in [3.8, 4) is 0 Å². The van der Waals surface area contributed by atoms with Gasteiger partial charge in [-0.3, -0.25) is 9.59 Å². The highest BCUT2D eigenvalue weighted by atomic mass is 16.2. The molecule has 1 aromatic rings. The van der Waals surface area contributed by atoms with E-state index >= 15 is 0 Å². The number of likely N-dealkylation sites (tertiary alicyclic amines) is 1. The van der Waals surface area contributed by atoms with E-state index in [1.165, 1.54) is 17.4 Å². The van der Waals surface area contributed by atoms with Gasteiger partial charge in [-0.1, -0.05) is 12.8 Å². The third-order valence-electron chi connectivity index (χ3n) is 3.42.